The van der Waals surface area contributed by atoms with Crippen LogP contribution in [0.15, 0.2) is 18.2 Å². The second-order valence-corrected chi connectivity index (χ2v) is 7.07. The molecule has 1 N–H and O–H groups in total. The Labute approximate surface area is 146 Å². The topological polar surface area (TPSA) is 76.1 Å². The van der Waals surface area contributed by atoms with Crippen molar-refractivity contribution >= 4 is 23.7 Å². The molecular weight excluding hydrogens is 334 g/mol. The molecule has 1 aromatic carbocycles. The van der Waals surface area contributed by atoms with Gasteiger partial charge in [0.25, 0.3) is 0 Å². The number of carbonyl (C=O) groups excluding carboxylic acids is 1. The van der Waals surface area contributed by atoms with E-state index in [1.165, 1.54) is 12.1 Å². The van der Waals surface area contributed by atoms with Crippen molar-refractivity contribution in [1.29, 1.82) is 0 Å². The van der Waals surface area contributed by atoms with Crippen molar-refractivity contribution in [3.8, 4) is 0 Å². The van der Waals surface area contributed by atoms with Crippen LogP contribution in [-0.2, 0) is 9.47 Å². The highest BCUT2D eigenvalue weighted by Crippen LogP contribution is 2.31. The monoisotopic (exact) mass is 355 g/mol. The van der Waals surface area contributed by atoms with Gasteiger partial charge in [-0.15, -0.1) is 0 Å². The van der Waals surface area contributed by atoms with E-state index in [-0.39, 0.29) is 12.2 Å². The lowest BCUT2D eigenvalue weighted by Crippen LogP contribution is -2.40. The van der Waals surface area contributed by atoms with E-state index >= 15 is 0 Å². The highest BCUT2D eigenvalue weighted by Gasteiger charge is 2.32. The SMILES string of the molecule is CC(C)(C)OC(=O)N1CCCOCC1c1ccc(C(=O)O)cc1Cl. The molecule has 0 saturated carbocycles. The highest BCUT2D eigenvalue weighted by atomic mass is 35.5. The number of amides is 1. The van der Waals surface area contributed by atoms with Gasteiger partial charge in [-0.2, -0.15) is 0 Å². The van der Waals surface area contributed by atoms with Gasteiger partial charge >= 0.3 is 12.1 Å². The number of aromatic carboxylic acids is 1. The van der Waals surface area contributed by atoms with Crippen molar-refractivity contribution in [2.75, 3.05) is 19.8 Å². The molecule has 0 radical (unpaired) electrons. The van der Waals surface area contributed by atoms with Gasteiger partial charge in [0, 0.05) is 18.2 Å². The fourth-order valence-corrected chi connectivity index (χ4v) is 2.81. The summed E-state index contributed by atoms with van der Waals surface area (Å²) in [5.74, 6) is -1.05. The molecule has 1 amide bonds. The number of carbonyl (C=O) groups is 2. The maximum absolute atomic E-state index is 12.5. The van der Waals surface area contributed by atoms with Crippen molar-refractivity contribution < 1.29 is 24.2 Å². The summed E-state index contributed by atoms with van der Waals surface area (Å²) >= 11 is 6.27. The van der Waals surface area contributed by atoms with Gasteiger partial charge < -0.3 is 14.6 Å². The first-order valence-corrected chi connectivity index (χ1v) is 8.17. The summed E-state index contributed by atoms with van der Waals surface area (Å²) < 4.78 is 11.1. The van der Waals surface area contributed by atoms with Gasteiger partial charge in [-0.1, -0.05) is 17.7 Å². The molecule has 0 aliphatic carbocycles. The van der Waals surface area contributed by atoms with Crippen LogP contribution in [-0.4, -0.2) is 47.4 Å². The lowest BCUT2D eigenvalue weighted by molar-refractivity contribution is 0.0118. The molecule has 1 saturated heterocycles. The zero-order valence-electron chi connectivity index (χ0n) is 14.0. The van der Waals surface area contributed by atoms with Crippen molar-refractivity contribution in [1.82, 2.24) is 4.90 Å². The van der Waals surface area contributed by atoms with E-state index in [1.807, 2.05) is 20.8 Å². The lowest BCUT2D eigenvalue weighted by atomic mass is 10.0. The maximum atomic E-state index is 12.5. The Kier molecular flexibility index (Phi) is 5.72. The molecule has 132 valence electrons. The predicted molar refractivity (Wildman–Crippen MR) is 89.5 cm³/mol. The number of carboxylic acids is 1. The molecular formula is C17H22ClNO5. The molecule has 1 fully saturated rings. The summed E-state index contributed by atoms with van der Waals surface area (Å²) in [4.78, 5) is 25.2. The van der Waals surface area contributed by atoms with E-state index < -0.39 is 23.7 Å². The van der Waals surface area contributed by atoms with Gasteiger partial charge in [-0.3, -0.25) is 4.90 Å². The number of hydrogen-bond acceptors (Lipinski definition) is 4. The number of halogens is 1. The quantitative estimate of drug-likeness (QED) is 0.874. The minimum absolute atomic E-state index is 0.0992. The van der Waals surface area contributed by atoms with Gasteiger partial charge in [0.05, 0.1) is 18.2 Å². The highest BCUT2D eigenvalue weighted by molar-refractivity contribution is 6.31. The molecule has 1 aliphatic rings. The van der Waals surface area contributed by atoms with Crippen LogP contribution in [0.25, 0.3) is 0 Å². The van der Waals surface area contributed by atoms with Crippen LogP contribution >= 0.6 is 11.6 Å². The zero-order valence-corrected chi connectivity index (χ0v) is 14.8. The first-order chi connectivity index (χ1) is 11.2. The standard InChI is InChI=1S/C17H22ClNO5/c1-17(2,3)24-16(22)19-7-4-8-23-10-14(19)12-6-5-11(15(20)21)9-13(12)18/h5-6,9,14H,4,7-8,10H2,1-3H3,(H,20,21). The third-order valence-corrected chi connectivity index (χ3v) is 3.90. The van der Waals surface area contributed by atoms with E-state index in [9.17, 15) is 9.59 Å². The Hall–Kier alpha value is -1.79. The van der Waals surface area contributed by atoms with Crippen LogP contribution in [0.5, 0.6) is 0 Å². The van der Waals surface area contributed by atoms with Crippen molar-refractivity contribution in [3.63, 3.8) is 0 Å². The van der Waals surface area contributed by atoms with Crippen molar-refractivity contribution in [2.45, 2.75) is 38.8 Å². The number of hydrogen-bond donors (Lipinski definition) is 1. The van der Waals surface area contributed by atoms with Crippen LogP contribution in [0.1, 0.15) is 49.2 Å². The molecule has 1 heterocycles. The normalized spacial score (nSPS) is 18.8. The van der Waals surface area contributed by atoms with Crippen molar-refractivity contribution in [2.24, 2.45) is 0 Å². The Morgan fingerprint density at radius 1 is 1.38 bits per heavy atom. The first kappa shape index (κ1) is 18.5. The average Bonchev–Trinajstić information content (AvgIpc) is 2.71. The van der Waals surface area contributed by atoms with Gasteiger partial charge in [-0.05, 0) is 44.9 Å². The lowest BCUT2D eigenvalue weighted by Gasteiger charge is -2.32. The van der Waals surface area contributed by atoms with Crippen LogP contribution in [0.2, 0.25) is 5.02 Å². The van der Waals surface area contributed by atoms with E-state index in [2.05, 4.69) is 0 Å². The molecule has 1 aromatic rings. The average molecular weight is 356 g/mol. The summed E-state index contributed by atoms with van der Waals surface area (Å²) in [5, 5.41) is 9.35. The molecule has 0 aromatic heterocycles. The minimum Gasteiger partial charge on any atom is -0.478 e. The van der Waals surface area contributed by atoms with Gasteiger partial charge in [0.1, 0.15) is 5.60 Å². The van der Waals surface area contributed by atoms with Gasteiger partial charge in [-0.25, -0.2) is 9.59 Å². The van der Waals surface area contributed by atoms with Crippen LogP contribution in [0.4, 0.5) is 4.79 Å². The second-order valence-electron chi connectivity index (χ2n) is 6.66. The van der Waals surface area contributed by atoms with Gasteiger partial charge in [0.15, 0.2) is 0 Å². The fourth-order valence-electron chi connectivity index (χ4n) is 2.50. The Bertz CT molecular complexity index is 626. The van der Waals surface area contributed by atoms with Crippen LogP contribution < -0.4 is 0 Å². The molecule has 2 rings (SSSR count). The Morgan fingerprint density at radius 2 is 2.08 bits per heavy atom. The van der Waals surface area contributed by atoms with Crippen LogP contribution in [0, 0.1) is 0 Å². The summed E-state index contributed by atoms with van der Waals surface area (Å²) in [6.45, 7) is 6.73. The molecule has 7 heteroatoms. The van der Waals surface area contributed by atoms with E-state index in [4.69, 9.17) is 26.2 Å². The molecule has 0 spiro atoms. The Morgan fingerprint density at radius 3 is 2.67 bits per heavy atom. The smallest absolute Gasteiger partial charge is 0.410 e. The zero-order chi connectivity index (χ0) is 17.9. The predicted octanol–water partition coefficient (Wildman–Crippen LogP) is 3.74. The summed E-state index contributed by atoms with van der Waals surface area (Å²) in [5.41, 5.74) is 0.141. The Balaban J connectivity index is 2.33. The summed E-state index contributed by atoms with van der Waals surface area (Å²) in [6.07, 6.45) is 0.261. The fraction of sp³-hybridized carbons (Fsp3) is 0.529. The second kappa shape index (κ2) is 7.40. The van der Waals surface area contributed by atoms with Crippen molar-refractivity contribution in [3.05, 3.63) is 34.3 Å². The van der Waals surface area contributed by atoms with Gasteiger partial charge in [0.2, 0.25) is 0 Å². The maximum Gasteiger partial charge on any atom is 0.410 e. The van der Waals surface area contributed by atoms with E-state index in [1.54, 1.807) is 11.0 Å². The molecule has 0 bridgehead atoms. The molecule has 24 heavy (non-hydrogen) atoms. The molecule has 6 nitrogen and oxygen atoms in total. The third-order valence-electron chi connectivity index (χ3n) is 3.57. The first-order valence-electron chi connectivity index (χ1n) is 7.79. The van der Waals surface area contributed by atoms with E-state index in [0.717, 1.165) is 0 Å². The number of carboxylic acid groups (broad SMARTS) is 1. The van der Waals surface area contributed by atoms with E-state index in [0.29, 0.717) is 30.2 Å². The molecule has 1 atom stereocenters. The largest absolute Gasteiger partial charge is 0.478 e. The third kappa shape index (κ3) is 4.61. The summed E-state index contributed by atoms with van der Waals surface area (Å²) in [6, 6.07) is 4.07. The van der Waals surface area contributed by atoms with Crippen LogP contribution in [0.3, 0.4) is 0 Å². The number of ether oxygens (including phenoxy) is 2. The molecule has 1 unspecified atom stereocenters. The summed E-state index contributed by atoms with van der Waals surface area (Å²) in [7, 11) is 0. The number of nitrogens with zero attached hydrogens (tertiary/aromatic N) is 1. The number of rotatable bonds is 2. The number of benzene rings is 1. The minimum atomic E-state index is -1.05. The molecule has 1 aliphatic heterocycles.